The molecule has 1 N–H and O–H groups in total. The Balaban J connectivity index is 1.87. The Kier molecular flexibility index (Phi) is 6.48. The molecule has 0 atom stereocenters. The summed E-state index contributed by atoms with van der Waals surface area (Å²) in [6.07, 6.45) is 1.50. The molecule has 1 aromatic heterocycles. The van der Waals surface area contributed by atoms with Crippen LogP contribution in [0.25, 0.3) is 0 Å². The van der Waals surface area contributed by atoms with E-state index in [1.807, 2.05) is 0 Å². The van der Waals surface area contributed by atoms with Gasteiger partial charge < -0.3 is 9.47 Å². The monoisotopic (exact) mass is 475 g/mol. The third-order valence-electron chi connectivity index (χ3n) is 3.96. The molecule has 0 aliphatic heterocycles. The van der Waals surface area contributed by atoms with Gasteiger partial charge in [-0.2, -0.15) is 5.10 Å². The van der Waals surface area contributed by atoms with Crippen molar-refractivity contribution >= 4 is 50.6 Å². The summed E-state index contributed by atoms with van der Waals surface area (Å²) in [7, 11) is -1.17. The SMILES string of the molecule is COc1ccc(S(=O)(=O)Nc2nn(Cc3ccc(Cl)cc3Cl)cc2Cl)c(OC)c1. The maximum atomic E-state index is 12.8. The molecule has 11 heteroatoms. The van der Waals surface area contributed by atoms with Crippen LogP contribution in [0.15, 0.2) is 47.5 Å². The fourth-order valence-corrected chi connectivity index (χ4v) is 4.44. The molecule has 2 aromatic carbocycles. The van der Waals surface area contributed by atoms with Gasteiger partial charge in [0, 0.05) is 22.3 Å². The van der Waals surface area contributed by atoms with E-state index in [4.69, 9.17) is 44.3 Å². The summed E-state index contributed by atoms with van der Waals surface area (Å²) < 4.78 is 39.7. The lowest BCUT2D eigenvalue weighted by Gasteiger charge is -2.11. The molecule has 3 aromatic rings. The largest absolute Gasteiger partial charge is 0.497 e. The molecule has 0 bridgehead atoms. The Morgan fingerprint density at radius 1 is 1.03 bits per heavy atom. The maximum Gasteiger partial charge on any atom is 0.266 e. The molecule has 154 valence electrons. The molecule has 0 saturated heterocycles. The summed E-state index contributed by atoms with van der Waals surface area (Å²) in [5.74, 6) is 0.568. The minimum atomic E-state index is -4.01. The number of benzene rings is 2. The smallest absolute Gasteiger partial charge is 0.266 e. The Morgan fingerprint density at radius 2 is 1.79 bits per heavy atom. The fraction of sp³-hybridized carbons (Fsp3) is 0.167. The van der Waals surface area contributed by atoms with Crippen molar-refractivity contribution in [1.29, 1.82) is 0 Å². The number of nitrogens with one attached hydrogen (secondary N) is 1. The van der Waals surface area contributed by atoms with Crippen molar-refractivity contribution in [2.75, 3.05) is 18.9 Å². The normalized spacial score (nSPS) is 11.3. The maximum absolute atomic E-state index is 12.8. The number of rotatable bonds is 7. The summed E-state index contributed by atoms with van der Waals surface area (Å²) >= 11 is 18.3. The molecular formula is C18H16Cl3N3O4S. The summed E-state index contributed by atoms with van der Waals surface area (Å²) in [5.41, 5.74) is 0.751. The zero-order valence-corrected chi connectivity index (χ0v) is 18.4. The second-order valence-corrected chi connectivity index (χ2v) is 8.78. The summed E-state index contributed by atoms with van der Waals surface area (Å²) in [4.78, 5) is -0.0767. The Hall–Kier alpha value is -2.13. The number of methoxy groups -OCH3 is 2. The van der Waals surface area contributed by atoms with Crippen molar-refractivity contribution in [2.45, 2.75) is 11.4 Å². The minimum Gasteiger partial charge on any atom is -0.497 e. The van der Waals surface area contributed by atoms with Crippen LogP contribution in [0.3, 0.4) is 0 Å². The van der Waals surface area contributed by atoms with Gasteiger partial charge in [0.1, 0.15) is 21.4 Å². The number of aromatic nitrogens is 2. The molecule has 0 unspecified atom stereocenters. The molecule has 29 heavy (non-hydrogen) atoms. The van der Waals surface area contributed by atoms with E-state index in [0.29, 0.717) is 15.8 Å². The van der Waals surface area contributed by atoms with Crippen LogP contribution in [-0.4, -0.2) is 32.4 Å². The molecular weight excluding hydrogens is 461 g/mol. The van der Waals surface area contributed by atoms with Gasteiger partial charge in [-0.1, -0.05) is 40.9 Å². The summed E-state index contributed by atoms with van der Waals surface area (Å²) in [5, 5.41) is 5.32. The van der Waals surface area contributed by atoms with Crippen molar-refractivity contribution in [1.82, 2.24) is 9.78 Å². The topological polar surface area (TPSA) is 82.5 Å². The van der Waals surface area contributed by atoms with Gasteiger partial charge in [-0.15, -0.1) is 0 Å². The second kappa shape index (κ2) is 8.71. The van der Waals surface area contributed by atoms with Crippen LogP contribution < -0.4 is 14.2 Å². The molecule has 0 aliphatic carbocycles. The average molecular weight is 477 g/mol. The zero-order valence-electron chi connectivity index (χ0n) is 15.3. The van der Waals surface area contributed by atoms with E-state index in [0.717, 1.165) is 5.56 Å². The first-order valence-electron chi connectivity index (χ1n) is 8.15. The summed E-state index contributed by atoms with van der Waals surface area (Å²) in [6, 6.07) is 9.43. The summed E-state index contributed by atoms with van der Waals surface area (Å²) in [6.45, 7) is 0.281. The molecule has 0 spiro atoms. The molecule has 1 heterocycles. The number of nitrogens with zero attached hydrogens (tertiary/aromatic N) is 2. The molecule has 0 radical (unpaired) electrons. The van der Waals surface area contributed by atoms with Crippen LogP contribution in [0.2, 0.25) is 15.1 Å². The van der Waals surface area contributed by atoms with Crippen LogP contribution in [0.5, 0.6) is 11.5 Å². The molecule has 0 amide bonds. The lowest BCUT2D eigenvalue weighted by atomic mass is 10.2. The quantitative estimate of drug-likeness (QED) is 0.534. The third kappa shape index (κ3) is 4.90. The van der Waals surface area contributed by atoms with Crippen molar-refractivity contribution in [3.05, 3.63) is 63.2 Å². The Morgan fingerprint density at radius 3 is 2.45 bits per heavy atom. The first-order chi connectivity index (χ1) is 13.7. The van der Waals surface area contributed by atoms with Gasteiger partial charge in [0.2, 0.25) is 0 Å². The Bertz CT molecular complexity index is 1150. The zero-order chi connectivity index (χ0) is 21.2. The number of halogens is 3. The second-order valence-electron chi connectivity index (χ2n) is 5.88. The fourth-order valence-electron chi connectivity index (χ4n) is 2.55. The van der Waals surface area contributed by atoms with Gasteiger partial charge in [-0.3, -0.25) is 9.40 Å². The lowest BCUT2D eigenvalue weighted by molar-refractivity contribution is 0.386. The molecule has 0 aliphatic rings. The number of anilines is 1. The van der Waals surface area contributed by atoms with Gasteiger partial charge in [-0.25, -0.2) is 8.42 Å². The highest BCUT2D eigenvalue weighted by Crippen LogP contribution is 2.31. The van der Waals surface area contributed by atoms with Crippen LogP contribution >= 0.6 is 34.8 Å². The highest BCUT2D eigenvalue weighted by Gasteiger charge is 2.23. The van der Waals surface area contributed by atoms with Gasteiger partial charge >= 0.3 is 0 Å². The highest BCUT2D eigenvalue weighted by molar-refractivity contribution is 7.92. The van der Waals surface area contributed by atoms with Gasteiger partial charge in [-0.05, 0) is 29.8 Å². The van der Waals surface area contributed by atoms with E-state index in [1.54, 1.807) is 18.2 Å². The van der Waals surface area contributed by atoms with Crippen molar-refractivity contribution in [3.8, 4) is 11.5 Å². The van der Waals surface area contributed by atoms with Gasteiger partial charge in [0.15, 0.2) is 5.82 Å². The van der Waals surface area contributed by atoms with Crippen LogP contribution in [-0.2, 0) is 16.6 Å². The predicted molar refractivity (Wildman–Crippen MR) is 113 cm³/mol. The number of ether oxygens (including phenoxy) is 2. The lowest BCUT2D eigenvalue weighted by Crippen LogP contribution is -2.15. The minimum absolute atomic E-state index is 0.0189. The van der Waals surface area contributed by atoms with Crippen molar-refractivity contribution < 1.29 is 17.9 Å². The Labute approximate surface area is 183 Å². The van der Waals surface area contributed by atoms with Crippen LogP contribution in [0, 0.1) is 0 Å². The van der Waals surface area contributed by atoms with Crippen LogP contribution in [0.4, 0.5) is 5.82 Å². The first kappa shape index (κ1) is 21.6. The van der Waals surface area contributed by atoms with E-state index in [-0.39, 0.29) is 28.0 Å². The predicted octanol–water partition coefficient (Wildman–Crippen LogP) is 4.71. The van der Waals surface area contributed by atoms with E-state index < -0.39 is 10.0 Å². The third-order valence-corrected chi connectivity index (χ3v) is 6.20. The first-order valence-corrected chi connectivity index (χ1v) is 10.8. The molecule has 0 fully saturated rings. The van der Waals surface area contributed by atoms with E-state index in [1.165, 1.54) is 43.3 Å². The molecule has 7 nitrogen and oxygen atoms in total. The molecule has 0 saturated carbocycles. The molecule has 3 rings (SSSR count). The van der Waals surface area contributed by atoms with E-state index in [2.05, 4.69) is 9.82 Å². The van der Waals surface area contributed by atoms with Crippen molar-refractivity contribution in [2.24, 2.45) is 0 Å². The average Bonchev–Trinajstić information content (AvgIpc) is 3.01. The van der Waals surface area contributed by atoms with Gasteiger partial charge in [0.25, 0.3) is 10.0 Å². The van der Waals surface area contributed by atoms with Crippen LogP contribution in [0.1, 0.15) is 5.56 Å². The number of hydrogen-bond donors (Lipinski definition) is 1. The number of hydrogen-bond acceptors (Lipinski definition) is 5. The highest BCUT2D eigenvalue weighted by atomic mass is 35.5. The van der Waals surface area contributed by atoms with Crippen molar-refractivity contribution in [3.63, 3.8) is 0 Å². The van der Waals surface area contributed by atoms with E-state index in [9.17, 15) is 8.42 Å². The van der Waals surface area contributed by atoms with E-state index >= 15 is 0 Å². The van der Waals surface area contributed by atoms with Gasteiger partial charge in [0.05, 0.1) is 20.8 Å². The standard InChI is InChI=1S/C18H16Cl3N3O4S/c1-27-13-5-6-17(16(8-13)28-2)29(25,26)23-18-15(21)10-24(22-18)9-11-3-4-12(19)7-14(11)20/h3-8,10H,9H2,1-2H3,(H,22,23). The number of sulfonamides is 1.